The van der Waals surface area contributed by atoms with E-state index in [1.807, 2.05) is 0 Å². The second kappa shape index (κ2) is 26.2. The van der Waals surface area contributed by atoms with Crippen LogP contribution < -0.4 is 0 Å². The molecule has 0 amide bonds. The minimum atomic E-state index is -4.82. The fourth-order valence-electron chi connectivity index (χ4n) is 2.96. The summed E-state index contributed by atoms with van der Waals surface area (Å²) in [5, 5.41) is 0. The minimum Gasteiger partial charge on any atom is -0.456 e. The highest BCUT2D eigenvalue weighted by Crippen LogP contribution is 2.35. The maximum absolute atomic E-state index is 12.2. The number of carbonyl (C=O) groups excluding carboxylic acids is 2. The Balaban J connectivity index is 4.55. The number of unbranched alkanes of at least 4 members (excludes halogenated alkanes) is 9. The number of carbonyl (C=O) groups is 2. The van der Waals surface area contributed by atoms with Crippen molar-refractivity contribution < 1.29 is 37.9 Å². The van der Waals surface area contributed by atoms with Gasteiger partial charge < -0.3 is 19.3 Å². The van der Waals surface area contributed by atoms with Crippen LogP contribution in [0, 0.1) is 82.9 Å². The van der Waals surface area contributed by atoms with Gasteiger partial charge in [-0.15, -0.1) is 0 Å². The summed E-state index contributed by atoms with van der Waals surface area (Å²) in [4.78, 5) is 41.9. The van der Waals surface area contributed by atoms with Crippen molar-refractivity contribution in [3.8, 4) is 82.9 Å². The van der Waals surface area contributed by atoms with Crippen LogP contribution in [0.4, 0.5) is 0 Å². The van der Waals surface area contributed by atoms with Gasteiger partial charge in [0.05, 0.1) is 6.61 Å². The summed E-state index contributed by atoms with van der Waals surface area (Å²) in [6.45, 7) is 2.69. The van der Waals surface area contributed by atoms with E-state index in [0.29, 0.717) is 6.42 Å². The van der Waals surface area contributed by atoms with E-state index in [9.17, 15) is 14.2 Å². The second-order valence-corrected chi connectivity index (χ2v) is 9.54. The molecule has 0 spiro atoms. The third kappa shape index (κ3) is 28.8. The van der Waals surface area contributed by atoms with Gasteiger partial charge in [0.15, 0.2) is 6.10 Å². The average Bonchev–Trinajstić information content (AvgIpc) is 2.93. The molecule has 0 aliphatic carbocycles. The van der Waals surface area contributed by atoms with E-state index in [-0.39, 0.29) is 6.42 Å². The average molecular weight is 579 g/mol. The highest BCUT2D eigenvalue weighted by molar-refractivity contribution is 7.46. The van der Waals surface area contributed by atoms with Gasteiger partial charge in [-0.05, 0) is 84.4 Å². The smallest absolute Gasteiger partial charge is 0.456 e. The van der Waals surface area contributed by atoms with Gasteiger partial charge in [-0.25, -0.2) is 9.36 Å². The van der Waals surface area contributed by atoms with Gasteiger partial charge in [-0.3, -0.25) is 9.32 Å². The Morgan fingerprint density at radius 2 is 1.15 bits per heavy atom. The first-order valence-electron chi connectivity index (χ1n) is 13.3. The summed E-state index contributed by atoms with van der Waals surface area (Å²) in [6.07, 6.45) is 9.99. The number of phosphoric ester groups is 1. The first kappa shape index (κ1) is 37.0. The van der Waals surface area contributed by atoms with E-state index in [4.69, 9.17) is 19.3 Å². The summed E-state index contributed by atoms with van der Waals surface area (Å²) in [5.41, 5.74) is 0. The molecule has 216 valence electrons. The number of hydrogen-bond donors (Lipinski definition) is 2. The molecule has 0 unspecified atom stereocenters. The van der Waals surface area contributed by atoms with Crippen LogP contribution in [0.3, 0.4) is 0 Å². The molecule has 0 heterocycles. The lowest BCUT2D eigenvalue weighted by molar-refractivity contribution is -0.158. The molecule has 0 saturated heterocycles. The number of esters is 2. The lowest BCUT2D eigenvalue weighted by atomic mass is 10.1. The molecule has 8 nitrogen and oxygen atoms in total. The molecule has 0 aliphatic rings. The zero-order valence-electron chi connectivity index (χ0n) is 23.6. The Bertz CT molecular complexity index is 1310. The van der Waals surface area contributed by atoms with E-state index < -0.39 is 39.1 Å². The number of ether oxygens (including phenoxy) is 2. The van der Waals surface area contributed by atoms with Gasteiger partial charge >= 0.3 is 19.8 Å². The molecule has 0 aliphatic heterocycles. The van der Waals surface area contributed by atoms with Crippen LogP contribution in [0.25, 0.3) is 0 Å². The van der Waals surface area contributed by atoms with Crippen LogP contribution >= 0.6 is 7.82 Å². The fourth-order valence-corrected chi connectivity index (χ4v) is 3.32. The van der Waals surface area contributed by atoms with Gasteiger partial charge in [0.25, 0.3) is 0 Å². The van der Waals surface area contributed by atoms with Crippen molar-refractivity contribution in [2.24, 2.45) is 0 Å². The first-order valence-corrected chi connectivity index (χ1v) is 14.8. The van der Waals surface area contributed by atoms with Crippen molar-refractivity contribution in [3.05, 3.63) is 0 Å². The molecule has 0 aromatic carbocycles. The van der Waals surface area contributed by atoms with Crippen LogP contribution in [0.2, 0.25) is 0 Å². The lowest BCUT2D eigenvalue weighted by Gasteiger charge is -2.17. The van der Waals surface area contributed by atoms with Crippen molar-refractivity contribution in [2.75, 3.05) is 13.2 Å². The van der Waals surface area contributed by atoms with Crippen LogP contribution in [0.5, 0.6) is 0 Å². The highest BCUT2D eigenvalue weighted by atomic mass is 31.2. The zero-order valence-corrected chi connectivity index (χ0v) is 24.5. The molecule has 9 heteroatoms. The number of rotatable bonds is 17. The lowest BCUT2D eigenvalue weighted by Crippen LogP contribution is -2.29. The number of phosphoric acid groups is 1. The normalized spacial score (nSPS) is 9.66. The maximum Gasteiger partial charge on any atom is 0.469 e. The predicted molar refractivity (Wildman–Crippen MR) is 155 cm³/mol. The molecule has 0 aromatic heterocycles. The zero-order chi connectivity index (χ0) is 30.4. The largest absolute Gasteiger partial charge is 0.469 e. The summed E-state index contributed by atoms with van der Waals surface area (Å²) in [6, 6.07) is 0. The standard InChI is InChI=1S/C32H35O8P/c1-3-5-7-9-11-13-15-16-17-19-20-22-24-26-31(33)38-28-30(29-39-41(35,36)37)40-32(34)27-25-23-21-18-14-12-10-8-6-4-2/h30H,4,6,8,10,12,14,18,21,23,25,27-29H2,1-2H3,(H2,35,36,37)/t30-/m0/s1. The minimum absolute atomic E-state index is 0.131. The van der Waals surface area contributed by atoms with Gasteiger partial charge in [0.1, 0.15) is 6.61 Å². The van der Waals surface area contributed by atoms with Crippen molar-refractivity contribution >= 4 is 19.8 Å². The SMILES string of the molecule is CC#CC#CC#CC#CC#CC#CC#CC(=O)OC[C@@H](COP(=O)(O)O)OC(=O)CCCCCCCCCCCC. The number of hydrogen-bond acceptors (Lipinski definition) is 6. The molecule has 0 rings (SSSR count). The molecular weight excluding hydrogens is 543 g/mol. The quantitative estimate of drug-likeness (QED) is 0.0877. The van der Waals surface area contributed by atoms with Gasteiger partial charge in [0.2, 0.25) is 0 Å². The van der Waals surface area contributed by atoms with E-state index in [1.165, 1.54) is 38.5 Å². The predicted octanol–water partition coefficient (Wildman–Crippen LogP) is 3.91. The Morgan fingerprint density at radius 3 is 1.63 bits per heavy atom. The fraction of sp³-hybridized carbons (Fsp3) is 0.500. The van der Waals surface area contributed by atoms with Crippen molar-refractivity contribution in [1.29, 1.82) is 0 Å². The third-order valence-corrected chi connectivity index (χ3v) is 5.32. The Labute approximate surface area is 244 Å². The molecule has 0 bridgehead atoms. The van der Waals surface area contributed by atoms with E-state index in [2.05, 4.69) is 94.3 Å². The highest BCUT2D eigenvalue weighted by Gasteiger charge is 2.22. The molecule has 1 atom stereocenters. The van der Waals surface area contributed by atoms with E-state index in [0.717, 1.165) is 19.3 Å². The van der Waals surface area contributed by atoms with Crippen LogP contribution in [0.1, 0.15) is 84.5 Å². The van der Waals surface area contributed by atoms with Crippen LogP contribution in [-0.4, -0.2) is 41.0 Å². The molecule has 0 aromatic rings. The molecule has 0 radical (unpaired) electrons. The molecule has 0 fully saturated rings. The second-order valence-electron chi connectivity index (χ2n) is 8.30. The van der Waals surface area contributed by atoms with Crippen LogP contribution in [-0.2, 0) is 28.2 Å². The summed E-state index contributed by atoms with van der Waals surface area (Å²) in [7, 11) is -4.82. The monoisotopic (exact) mass is 578 g/mol. The molecule has 41 heavy (non-hydrogen) atoms. The van der Waals surface area contributed by atoms with Crippen molar-refractivity contribution in [3.63, 3.8) is 0 Å². The maximum atomic E-state index is 12.2. The summed E-state index contributed by atoms with van der Waals surface area (Å²) in [5.74, 6) is 32.2. The summed E-state index contributed by atoms with van der Waals surface area (Å²) < 4.78 is 25.5. The first-order chi connectivity index (χ1) is 19.8. The Morgan fingerprint density at radius 1 is 0.683 bits per heavy atom. The van der Waals surface area contributed by atoms with Crippen molar-refractivity contribution in [2.45, 2.75) is 90.6 Å². The van der Waals surface area contributed by atoms with E-state index in [1.54, 1.807) is 6.92 Å². The van der Waals surface area contributed by atoms with Crippen LogP contribution in [0.15, 0.2) is 0 Å². The van der Waals surface area contributed by atoms with Crippen molar-refractivity contribution in [1.82, 2.24) is 0 Å². The third-order valence-electron chi connectivity index (χ3n) is 4.84. The van der Waals surface area contributed by atoms with Gasteiger partial charge in [-0.2, -0.15) is 0 Å². The molecule has 2 N–H and O–H groups in total. The van der Waals surface area contributed by atoms with Gasteiger partial charge in [0, 0.05) is 12.3 Å². The molecular formula is C32H35O8P. The Kier molecular flexibility index (Phi) is 23.6. The van der Waals surface area contributed by atoms with E-state index >= 15 is 0 Å². The summed E-state index contributed by atoms with van der Waals surface area (Å²) >= 11 is 0. The Hall–Kier alpha value is -4.03. The topological polar surface area (TPSA) is 119 Å². The van der Waals surface area contributed by atoms with Gasteiger partial charge in [-0.1, -0.05) is 70.6 Å². The molecule has 0 saturated carbocycles.